The highest BCUT2D eigenvalue weighted by atomic mass is 15.1. The van der Waals surface area contributed by atoms with Gasteiger partial charge in [-0.2, -0.15) is 0 Å². The molecular weight excluding hydrogens is 316 g/mol. The van der Waals surface area contributed by atoms with Gasteiger partial charge < -0.3 is 10.2 Å². The van der Waals surface area contributed by atoms with Crippen LogP contribution in [-0.2, 0) is 0 Å². The highest BCUT2D eigenvalue weighted by molar-refractivity contribution is 4.96. The maximum atomic E-state index is 4.24. The van der Waals surface area contributed by atoms with Crippen LogP contribution >= 0.6 is 0 Å². The molecule has 1 unspecified atom stereocenters. The summed E-state index contributed by atoms with van der Waals surface area (Å²) < 4.78 is 0. The smallest absolute Gasteiger partial charge is 0.0202 e. The predicted molar refractivity (Wildman–Crippen MR) is 120 cm³/mol. The van der Waals surface area contributed by atoms with Gasteiger partial charge >= 0.3 is 0 Å². The molecule has 0 heterocycles. The fourth-order valence-electron chi connectivity index (χ4n) is 3.44. The third-order valence-corrected chi connectivity index (χ3v) is 6.09. The molecule has 1 N–H and O–H groups in total. The normalized spacial score (nSPS) is 13.5. The van der Waals surface area contributed by atoms with E-state index >= 15 is 0 Å². The molecule has 0 aliphatic heterocycles. The lowest BCUT2D eigenvalue weighted by Gasteiger charge is -2.36. The fraction of sp³-hybridized carbons (Fsp3) is 0.917. The van der Waals surface area contributed by atoms with Gasteiger partial charge in [0, 0.05) is 25.3 Å². The second kappa shape index (κ2) is 13.6. The summed E-state index contributed by atoms with van der Waals surface area (Å²) in [5.74, 6) is 1.23. The predicted octanol–water partition coefficient (Wildman–Crippen LogP) is 6.87. The van der Waals surface area contributed by atoms with Crippen LogP contribution in [0.5, 0.6) is 0 Å². The van der Waals surface area contributed by atoms with E-state index in [0.29, 0.717) is 23.3 Å². The molecule has 0 bridgehead atoms. The maximum absolute atomic E-state index is 4.24. The van der Waals surface area contributed by atoms with Crippen LogP contribution in [0.4, 0.5) is 0 Å². The fourth-order valence-corrected chi connectivity index (χ4v) is 3.44. The molecule has 0 amide bonds. The maximum Gasteiger partial charge on any atom is 0.0202 e. The summed E-state index contributed by atoms with van der Waals surface area (Å²) in [4.78, 5) is 2.37. The lowest BCUT2D eigenvalue weighted by molar-refractivity contribution is 0.162. The van der Waals surface area contributed by atoms with E-state index in [1.807, 2.05) is 0 Å². The van der Waals surface area contributed by atoms with Gasteiger partial charge in [-0.25, -0.2) is 0 Å². The van der Waals surface area contributed by atoms with Crippen molar-refractivity contribution in [1.29, 1.82) is 0 Å². The standard InChI is InChI=1S/C24H50N2/c1-20(2)23(6)26(9)19-22(5)24(7,8)17-15-13-11-10-12-14-16-18-25-21(3)4/h20-22,25H,6,10-19H2,1-5,7-9H3. The number of allylic oxidation sites excluding steroid dienone is 1. The molecule has 0 saturated carbocycles. The Morgan fingerprint density at radius 3 is 1.88 bits per heavy atom. The van der Waals surface area contributed by atoms with Crippen molar-refractivity contribution < 1.29 is 0 Å². The Morgan fingerprint density at radius 2 is 1.38 bits per heavy atom. The van der Waals surface area contributed by atoms with Crippen LogP contribution in [0.2, 0.25) is 0 Å². The minimum atomic E-state index is 0.411. The molecule has 2 heteroatoms. The van der Waals surface area contributed by atoms with E-state index in [4.69, 9.17) is 0 Å². The number of nitrogens with zero attached hydrogens (tertiary/aromatic N) is 1. The van der Waals surface area contributed by atoms with E-state index in [9.17, 15) is 0 Å². The van der Waals surface area contributed by atoms with E-state index in [2.05, 4.69) is 72.3 Å². The van der Waals surface area contributed by atoms with E-state index in [1.54, 1.807) is 0 Å². The number of unbranched alkanes of at least 4 members (excludes halogenated alkanes) is 6. The van der Waals surface area contributed by atoms with Gasteiger partial charge in [0.25, 0.3) is 0 Å². The van der Waals surface area contributed by atoms with Gasteiger partial charge in [0.05, 0.1) is 0 Å². The van der Waals surface area contributed by atoms with Gasteiger partial charge in [0.1, 0.15) is 0 Å². The summed E-state index contributed by atoms with van der Waals surface area (Å²) in [5, 5.41) is 3.50. The van der Waals surface area contributed by atoms with Crippen molar-refractivity contribution >= 4 is 0 Å². The summed E-state index contributed by atoms with van der Waals surface area (Å²) in [7, 11) is 2.20. The third kappa shape index (κ3) is 12.0. The Bertz CT molecular complexity index is 357. The third-order valence-electron chi connectivity index (χ3n) is 6.09. The van der Waals surface area contributed by atoms with Crippen molar-refractivity contribution in [1.82, 2.24) is 10.2 Å². The van der Waals surface area contributed by atoms with Crippen molar-refractivity contribution in [2.24, 2.45) is 17.3 Å². The second-order valence-electron chi connectivity index (χ2n) is 9.75. The highest BCUT2D eigenvalue weighted by Gasteiger charge is 2.26. The van der Waals surface area contributed by atoms with Gasteiger partial charge in [-0.1, -0.05) is 93.6 Å². The number of rotatable bonds is 16. The molecule has 156 valence electrons. The second-order valence-corrected chi connectivity index (χ2v) is 9.75. The summed E-state index contributed by atoms with van der Waals surface area (Å²) >= 11 is 0. The summed E-state index contributed by atoms with van der Waals surface area (Å²) in [6, 6.07) is 0.629. The highest BCUT2D eigenvalue weighted by Crippen LogP contribution is 2.34. The lowest BCUT2D eigenvalue weighted by atomic mass is 9.75. The molecule has 0 aliphatic carbocycles. The van der Waals surface area contributed by atoms with Crippen LogP contribution in [0, 0.1) is 17.3 Å². The van der Waals surface area contributed by atoms with Crippen molar-refractivity contribution in [3.8, 4) is 0 Å². The molecule has 0 aromatic heterocycles. The first-order valence-corrected chi connectivity index (χ1v) is 11.2. The van der Waals surface area contributed by atoms with Crippen molar-refractivity contribution in [2.75, 3.05) is 20.1 Å². The summed E-state index contributed by atoms with van der Waals surface area (Å²) in [6.45, 7) is 22.8. The Morgan fingerprint density at radius 1 is 0.885 bits per heavy atom. The van der Waals surface area contributed by atoms with Crippen LogP contribution in [0.25, 0.3) is 0 Å². The van der Waals surface area contributed by atoms with Crippen LogP contribution < -0.4 is 5.32 Å². The first-order valence-electron chi connectivity index (χ1n) is 11.2. The zero-order chi connectivity index (χ0) is 20.2. The van der Waals surface area contributed by atoms with Crippen LogP contribution in [0.3, 0.4) is 0 Å². The van der Waals surface area contributed by atoms with Gasteiger partial charge in [0.2, 0.25) is 0 Å². The first kappa shape index (κ1) is 25.5. The summed E-state index contributed by atoms with van der Waals surface area (Å²) in [6.07, 6.45) is 11.1. The van der Waals surface area contributed by atoms with E-state index in [1.165, 1.54) is 63.6 Å². The SMILES string of the molecule is C=C(C(C)C)N(C)CC(C)C(C)(C)CCCCCCCCCNC(C)C. The molecule has 26 heavy (non-hydrogen) atoms. The molecule has 0 aromatic carbocycles. The van der Waals surface area contributed by atoms with Crippen molar-refractivity contribution in [2.45, 2.75) is 106 Å². The van der Waals surface area contributed by atoms with Gasteiger partial charge in [-0.05, 0) is 36.6 Å². The molecule has 0 rings (SSSR count). The Labute approximate surface area is 166 Å². The number of hydrogen-bond acceptors (Lipinski definition) is 2. The monoisotopic (exact) mass is 366 g/mol. The molecule has 0 saturated heterocycles. The topological polar surface area (TPSA) is 15.3 Å². The zero-order valence-corrected chi connectivity index (χ0v) is 19.5. The Balaban J connectivity index is 3.81. The molecule has 0 fully saturated rings. The quantitative estimate of drug-likeness (QED) is 0.300. The molecule has 0 spiro atoms. The molecular formula is C24H50N2. The molecule has 0 radical (unpaired) electrons. The first-order chi connectivity index (χ1) is 12.1. The minimum Gasteiger partial charge on any atom is -0.378 e. The van der Waals surface area contributed by atoms with Gasteiger partial charge in [-0.15, -0.1) is 0 Å². The number of nitrogens with one attached hydrogen (secondary N) is 1. The Hall–Kier alpha value is -0.500. The largest absolute Gasteiger partial charge is 0.378 e. The molecule has 1 atom stereocenters. The molecule has 0 aliphatic rings. The summed E-state index contributed by atoms with van der Waals surface area (Å²) in [5.41, 5.74) is 1.67. The van der Waals surface area contributed by atoms with E-state index in [0.717, 1.165) is 6.54 Å². The molecule has 0 aromatic rings. The van der Waals surface area contributed by atoms with Crippen LogP contribution in [0.15, 0.2) is 12.3 Å². The Kier molecular flexibility index (Phi) is 13.4. The van der Waals surface area contributed by atoms with Crippen LogP contribution in [0.1, 0.15) is 99.8 Å². The zero-order valence-electron chi connectivity index (χ0n) is 19.5. The van der Waals surface area contributed by atoms with Crippen molar-refractivity contribution in [3.05, 3.63) is 12.3 Å². The van der Waals surface area contributed by atoms with Crippen molar-refractivity contribution in [3.63, 3.8) is 0 Å². The average Bonchev–Trinajstić information content (AvgIpc) is 2.55. The van der Waals surface area contributed by atoms with E-state index < -0.39 is 0 Å². The minimum absolute atomic E-state index is 0.411. The van der Waals surface area contributed by atoms with Crippen LogP contribution in [-0.4, -0.2) is 31.1 Å². The number of hydrogen-bond donors (Lipinski definition) is 1. The van der Waals surface area contributed by atoms with Gasteiger partial charge in [0.15, 0.2) is 0 Å². The van der Waals surface area contributed by atoms with Gasteiger partial charge in [-0.3, -0.25) is 0 Å². The molecule has 2 nitrogen and oxygen atoms in total. The average molecular weight is 367 g/mol. The lowest BCUT2D eigenvalue weighted by Crippen LogP contribution is -2.33. The van der Waals surface area contributed by atoms with E-state index in [-0.39, 0.29) is 0 Å².